The number of anilines is 2. The molecule has 5 heteroatoms. The monoisotopic (exact) mass is 294 g/mol. The van der Waals surface area contributed by atoms with Crippen molar-refractivity contribution in [3.8, 4) is 0 Å². The molecule has 0 saturated heterocycles. The Kier molecular flexibility index (Phi) is 4.35. The van der Waals surface area contributed by atoms with E-state index in [0.717, 1.165) is 5.69 Å². The lowest BCUT2D eigenvalue weighted by atomic mass is 10.2. The maximum absolute atomic E-state index is 13.4. The molecule has 0 aliphatic rings. The van der Waals surface area contributed by atoms with Crippen molar-refractivity contribution in [3.63, 3.8) is 0 Å². The Labute approximate surface area is 121 Å². The summed E-state index contributed by atoms with van der Waals surface area (Å²) in [5.41, 5.74) is 1.97. The van der Waals surface area contributed by atoms with Crippen LogP contribution in [-0.4, -0.2) is 5.11 Å². The van der Waals surface area contributed by atoms with Gasteiger partial charge in [-0.2, -0.15) is 0 Å². The average molecular weight is 295 g/mol. The molecule has 98 valence electrons. The van der Waals surface area contributed by atoms with Crippen molar-refractivity contribution >= 4 is 40.3 Å². The van der Waals surface area contributed by atoms with Gasteiger partial charge in [0, 0.05) is 16.4 Å². The zero-order chi connectivity index (χ0) is 13.8. The molecule has 19 heavy (non-hydrogen) atoms. The molecule has 2 aromatic carbocycles. The first-order valence-electron chi connectivity index (χ1n) is 5.64. The minimum absolute atomic E-state index is 0.268. The highest BCUT2D eigenvalue weighted by molar-refractivity contribution is 7.80. The number of thiocarbonyl (C=S) groups is 1. The molecule has 0 aliphatic carbocycles. The van der Waals surface area contributed by atoms with Crippen molar-refractivity contribution in [2.45, 2.75) is 6.92 Å². The minimum atomic E-state index is -0.268. The zero-order valence-corrected chi connectivity index (χ0v) is 11.8. The second kappa shape index (κ2) is 5.99. The number of halogens is 2. The van der Waals surface area contributed by atoms with Gasteiger partial charge in [-0.25, -0.2) is 4.39 Å². The van der Waals surface area contributed by atoms with E-state index in [1.54, 1.807) is 31.2 Å². The maximum atomic E-state index is 13.4. The smallest absolute Gasteiger partial charge is 0.175 e. The number of benzene rings is 2. The fourth-order valence-electron chi connectivity index (χ4n) is 1.53. The van der Waals surface area contributed by atoms with Crippen molar-refractivity contribution in [3.05, 3.63) is 58.9 Å². The summed E-state index contributed by atoms with van der Waals surface area (Å²) < 4.78 is 13.4. The van der Waals surface area contributed by atoms with E-state index in [0.29, 0.717) is 21.4 Å². The first-order valence-corrected chi connectivity index (χ1v) is 6.43. The molecule has 0 unspecified atom stereocenters. The van der Waals surface area contributed by atoms with Gasteiger partial charge in [-0.15, -0.1) is 0 Å². The zero-order valence-electron chi connectivity index (χ0n) is 10.2. The van der Waals surface area contributed by atoms with E-state index in [1.807, 2.05) is 12.1 Å². The predicted molar refractivity (Wildman–Crippen MR) is 82.4 cm³/mol. The third kappa shape index (κ3) is 3.91. The number of hydrogen-bond acceptors (Lipinski definition) is 1. The minimum Gasteiger partial charge on any atom is -0.332 e. The van der Waals surface area contributed by atoms with Crippen LogP contribution in [-0.2, 0) is 0 Å². The largest absolute Gasteiger partial charge is 0.332 e. The van der Waals surface area contributed by atoms with Gasteiger partial charge in [0.25, 0.3) is 0 Å². The van der Waals surface area contributed by atoms with Crippen LogP contribution in [0.2, 0.25) is 5.02 Å². The lowest BCUT2D eigenvalue weighted by Gasteiger charge is -2.11. The lowest BCUT2D eigenvalue weighted by Crippen LogP contribution is -2.19. The van der Waals surface area contributed by atoms with Gasteiger partial charge in [-0.3, -0.25) is 0 Å². The number of hydrogen-bond donors (Lipinski definition) is 2. The molecular formula is C14H12ClFN2S. The summed E-state index contributed by atoms with van der Waals surface area (Å²) in [5.74, 6) is -0.268. The third-order valence-electron chi connectivity index (χ3n) is 2.51. The molecule has 0 aromatic heterocycles. The third-order valence-corrected chi connectivity index (χ3v) is 2.95. The van der Waals surface area contributed by atoms with Crippen LogP contribution in [0.15, 0.2) is 42.5 Å². The standard InChI is InChI=1S/C14H12ClFN2S/c1-9-5-6-12(8-13(9)16)18-14(19)17-11-4-2-3-10(15)7-11/h2-8H,1H3,(H2,17,18,19). The van der Waals surface area contributed by atoms with Gasteiger partial charge < -0.3 is 10.6 Å². The summed E-state index contributed by atoms with van der Waals surface area (Å²) in [6.45, 7) is 1.71. The summed E-state index contributed by atoms with van der Waals surface area (Å²) in [4.78, 5) is 0. The average Bonchev–Trinajstić information content (AvgIpc) is 2.34. The van der Waals surface area contributed by atoms with Gasteiger partial charge in [0.1, 0.15) is 5.82 Å². The van der Waals surface area contributed by atoms with Crippen LogP contribution in [0, 0.1) is 12.7 Å². The second-order valence-electron chi connectivity index (χ2n) is 4.05. The van der Waals surface area contributed by atoms with Gasteiger partial charge in [-0.05, 0) is 55.0 Å². The first kappa shape index (κ1) is 13.8. The van der Waals surface area contributed by atoms with Crippen molar-refractivity contribution in [1.29, 1.82) is 0 Å². The molecule has 0 radical (unpaired) electrons. The Hall–Kier alpha value is -1.65. The predicted octanol–water partition coefficient (Wildman–Crippen LogP) is 4.60. The van der Waals surface area contributed by atoms with Gasteiger partial charge in [-0.1, -0.05) is 23.7 Å². The van der Waals surface area contributed by atoms with Crippen LogP contribution in [0.4, 0.5) is 15.8 Å². The van der Waals surface area contributed by atoms with Crippen LogP contribution in [0.5, 0.6) is 0 Å². The maximum Gasteiger partial charge on any atom is 0.175 e. The Bertz CT molecular complexity index is 616. The van der Waals surface area contributed by atoms with E-state index in [-0.39, 0.29) is 5.82 Å². The van der Waals surface area contributed by atoms with E-state index < -0.39 is 0 Å². The van der Waals surface area contributed by atoms with Crippen molar-refractivity contribution in [2.75, 3.05) is 10.6 Å². The van der Waals surface area contributed by atoms with Crippen LogP contribution >= 0.6 is 23.8 Å². The fourth-order valence-corrected chi connectivity index (χ4v) is 1.96. The van der Waals surface area contributed by atoms with Crippen LogP contribution in [0.25, 0.3) is 0 Å². The highest BCUT2D eigenvalue weighted by Crippen LogP contribution is 2.16. The van der Waals surface area contributed by atoms with Gasteiger partial charge in [0.2, 0.25) is 0 Å². The van der Waals surface area contributed by atoms with Gasteiger partial charge >= 0.3 is 0 Å². The van der Waals surface area contributed by atoms with E-state index in [2.05, 4.69) is 10.6 Å². The van der Waals surface area contributed by atoms with Crippen molar-refractivity contribution in [2.24, 2.45) is 0 Å². The molecule has 0 fully saturated rings. The molecule has 0 saturated carbocycles. The molecule has 0 aliphatic heterocycles. The van der Waals surface area contributed by atoms with Crippen molar-refractivity contribution < 1.29 is 4.39 Å². The SMILES string of the molecule is Cc1ccc(NC(=S)Nc2cccc(Cl)c2)cc1F. The quantitative estimate of drug-likeness (QED) is 0.792. The fraction of sp³-hybridized carbons (Fsp3) is 0.0714. The highest BCUT2D eigenvalue weighted by atomic mass is 35.5. The molecule has 2 N–H and O–H groups in total. The highest BCUT2D eigenvalue weighted by Gasteiger charge is 2.02. The van der Waals surface area contributed by atoms with E-state index in [4.69, 9.17) is 23.8 Å². The van der Waals surface area contributed by atoms with Gasteiger partial charge in [0.05, 0.1) is 0 Å². The van der Waals surface area contributed by atoms with Crippen LogP contribution in [0.3, 0.4) is 0 Å². The Morgan fingerprint density at radius 2 is 1.79 bits per heavy atom. The molecule has 0 atom stereocenters. The molecule has 2 nitrogen and oxygen atoms in total. The number of nitrogens with one attached hydrogen (secondary N) is 2. The lowest BCUT2D eigenvalue weighted by molar-refractivity contribution is 0.619. The molecule has 2 aromatic rings. The summed E-state index contributed by atoms with van der Waals surface area (Å²) in [7, 11) is 0. The Morgan fingerprint density at radius 3 is 2.42 bits per heavy atom. The van der Waals surface area contributed by atoms with Gasteiger partial charge in [0.15, 0.2) is 5.11 Å². The second-order valence-corrected chi connectivity index (χ2v) is 4.90. The van der Waals surface area contributed by atoms with E-state index in [9.17, 15) is 4.39 Å². The summed E-state index contributed by atoms with van der Waals surface area (Å²) >= 11 is 11.0. The molecule has 0 spiro atoms. The van der Waals surface area contributed by atoms with E-state index in [1.165, 1.54) is 6.07 Å². The first-order chi connectivity index (χ1) is 9.04. The Morgan fingerprint density at radius 1 is 1.11 bits per heavy atom. The van der Waals surface area contributed by atoms with Crippen LogP contribution in [0.1, 0.15) is 5.56 Å². The molecule has 0 heterocycles. The summed E-state index contributed by atoms with van der Waals surface area (Å²) in [6, 6.07) is 12.1. The molecule has 0 bridgehead atoms. The summed E-state index contributed by atoms with van der Waals surface area (Å²) in [6.07, 6.45) is 0. The topological polar surface area (TPSA) is 24.1 Å². The summed E-state index contributed by atoms with van der Waals surface area (Å²) in [5, 5.41) is 6.89. The molecule has 2 rings (SSSR count). The number of aryl methyl sites for hydroxylation is 1. The van der Waals surface area contributed by atoms with Crippen LogP contribution < -0.4 is 10.6 Å². The molecular weight excluding hydrogens is 283 g/mol. The van der Waals surface area contributed by atoms with Crippen molar-refractivity contribution in [1.82, 2.24) is 0 Å². The molecule has 0 amide bonds. The Balaban J connectivity index is 2.03. The normalized spacial score (nSPS) is 10.1. The number of rotatable bonds is 2. The van der Waals surface area contributed by atoms with E-state index >= 15 is 0 Å².